The predicted molar refractivity (Wildman–Crippen MR) is 163 cm³/mol. The number of methoxy groups -OCH3 is 2. The first-order valence-electron chi connectivity index (χ1n) is 12.9. The monoisotopic (exact) mass is 645 g/mol. The van der Waals surface area contributed by atoms with Gasteiger partial charge in [0.25, 0.3) is 10.0 Å². The molecule has 0 heterocycles. The lowest BCUT2D eigenvalue weighted by atomic mass is 10.1. The van der Waals surface area contributed by atoms with E-state index in [4.69, 9.17) is 9.47 Å². The van der Waals surface area contributed by atoms with Crippen LogP contribution in [0.2, 0.25) is 0 Å². The summed E-state index contributed by atoms with van der Waals surface area (Å²) in [7, 11) is -1.38. The summed E-state index contributed by atoms with van der Waals surface area (Å²) < 4.78 is 40.5. The molecule has 0 saturated carbocycles. The fraction of sp³-hybridized carbons (Fsp3) is 0.333. The van der Waals surface area contributed by atoms with Crippen molar-refractivity contribution < 1.29 is 27.5 Å². The summed E-state index contributed by atoms with van der Waals surface area (Å²) in [6, 6.07) is 19.1. The van der Waals surface area contributed by atoms with Crippen LogP contribution in [0.15, 0.2) is 82.2 Å². The first-order valence-corrected chi connectivity index (χ1v) is 15.2. The number of halogens is 1. The van der Waals surface area contributed by atoms with E-state index in [9.17, 15) is 18.0 Å². The van der Waals surface area contributed by atoms with Gasteiger partial charge in [0.1, 0.15) is 12.6 Å². The SMILES string of the molecule is COc1ccc(S(=O)(=O)N(CC(=O)N(Cc2cccc(Br)c2)[C@H](C)C(=O)NC(C)(C)C)c2ccccc2)cc1OC. The van der Waals surface area contributed by atoms with Crippen LogP contribution in [-0.2, 0) is 26.2 Å². The predicted octanol–water partition coefficient (Wildman–Crippen LogP) is 4.99. The molecule has 0 bridgehead atoms. The molecule has 0 aliphatic rings. The van der Waals surface area contributed by atoms with Gasteiger partial charge in [0, 0.05) is 22.6 Å². The van der Waals surface area contributed by atoms with Gasteiger partial charge in [-0.1, -0.05) is 46.3 Å². The fourth-order valence-corrected chi connectivity index (χ4v) is 5.99. The zero-order valence-electron chi connectivity index (χ0n) is 24.0. The first-order chi connectivity index (χ1) is 19.3. The summed E-state index contributed by atoms with van der Waals surface area (Å²) in [4.78, 5) is 28.5. The molecule has 3 aromatic rings. The largest absolute Gasteiger partial charge is 0.493 e. The number of hydrogen-bond donors (Lipinski definition) is 1. The Morgan fingerprint density at radius 2 is 1.59 bits per heavy atom. The van der Waals surface area contributed by atoms with Crippen molar-refractivity contribution >= 4 is 43.5 Å². The molecule has 0 aromatic heterocycles. The van der Waals surface area contributed by atoms with Crippen LogP contribution in [0.25, 0.3) is 0 Å². The Hall–Kier alpha value is -3.57. The Labute approximate surface area is 250 Å². The van der Waals surface area contributed by atoms with Crippen LogP contribution in [-0.4, -0.2) is 57.5 Å². The molecular weight excluding hydrogens is 610 g/mol. The second kappa shape index (κ2) is 13.4. The Balaban J connectivity index is 2.05. The van der Waals surface area contributed by atoms with Crippen molar-refractivity contribution in [3.63, 3.8) is 0 Å². The van der Waals surface area contributed by atoms with E-state index in [1.165, 1.54) is 37.3 Å². The number of para-hydroxylation sites is 1. The van der Waals surface area contributed by atoms with Gasteiger partial charge in [0.05, 0.1) is 24.8 Å². The number of ether oxygens (including phenoxy) is 2. The minimum absolute atomic E-state index is 0.0798. The van der Waals surface area contributed by atoms with E-state index < -0.39 is 34.1 Å². The van der Waals surface area contributed by atoms with Gasteiger partial charge < -0.3 is 19.7 Å². The lowest BCUT2D eigenvalue weighted by molar-refractivity contribution is -0.140. The van der Waals surface area contributed by atoms with Gasteiger partial charge in [-0.15, -0.1) is 0 Å². The molecule has 2 amide bonds. The molecule has 0 radical (unpaired) electrons. The highest BCUT2D eigenvalue weighted by Crippen LogP contribution is 2.32. The van der Waals surface area contributed by atoms with E-state index >= 15 is 0 Å². The number of sulfonamides is 1. The molecule has 0 aliphatic heterocycles. The summed E-state index contributed by atoms with van der Waals surface area (Å²) in [6.07, 6.45) is 0. The topological polar surface area (TPSA) is 105 Å². The van der Waals surface area contributed by atoms with E-state index in [0.717, 1.165) is 14.3 Å². The third kappa shape index (κ3) is 8.23. The molecule has 41 heavy (non-hydrogen) atoms. The third-order valence-electron chi connectivity index (χ3n) is 6.17. The van der Waals surface area contributed by atoms with Crippen molar-refractivity contribution in [1.29, 1.82) is 0 Å². The molecular formula is C30H36BrN3O6S. The number of amides is 2. The molecule has 3 rings (SSSR count). The van der Waals surface area contributed by atoms with Crippen LogP contribution in [0.5, 0.6) is 11.5 Å². The molecule has 0 spiro atoms. The average Bonchev–Trinajstić information content (AvgIpc) is 2.93. The molecule has 3 aromatic carbocycles. The van der Waals surface area contributed by atoms with Gasteiger partial charge in [0.15, 0.2) is 11.5 Å². The van der Waals surface area contributed by atoms with Crippen LogP contribution < -0.4 is 19.1 Å². The summed E-state index contributed by atoms with van der Waals surface area (Å²) in [5.74, 6) is -0.298. The highest BCUT2D eigenvalue weighted by atomic mass is 79.9. The number of carbonyl (C=O) groups is 2. The Bertz CT molecular complexity index is 1480. The van der Waals surface area contributed by atoms with E-state index in [1.807, 2.05) is 45.0 Å². The maximum absolute atomic E-state index is 14.0. The average molecular weight is 647 g/mol. The molecule has 0 saturated heterocycles. The lowest BCUT2D eigenvalue weighted by Crippen LogP contribution is -2.54. The Kier molecular flexibility index (Phi) is 10.4. The van der Waals surface area contributed by atoms with Crippen molar-refractivity contribution in [1.82, 2.24) is 10.2 Å². The Morgan fingerprint density at radius 3 is 2.17 bits per heavy atom. The van der Waals surface area contributed by atoms with Crippen molar-refractivity contribution in [3.8, 4) is 11.5 Å². The molecule has 220 valence electrons. The first kappa shape index (κ1) is 32.0. The van der Waals surface area contributed by atoms with E-state index in [1.54, 1.807) is 37.3 Å². The highest BCUT2D eigenvalue weighted by Gasteiger charge is 2.33. The summed E-state index contributed by atoms with van der Waals surface area (Å²) in [5, 5.41) is 2.92. The molecule has 1 N–H and O–H groups in total. The van der Waals surface area contributed by atoms with Crippen LogP contribution in [0.3, 0.4) is 0 Å². The molecule has 0 fully saturated rings. The molecule has 0 aliphatic carbocycles. The number of hydrogen-bond acceptors (Lipinski definition) is 6. The minimum Gasteiger partial charge on any atom is -0.493 e. The second-order valence-corrected chi connectivity index (χ2v) is 13.2. The van der Waals surface area contributed by atoms with Crippen LogP contribution in [0.4, 0.5) is 5.69 Å². The van der Waals surface area contributed by atoms with Crippen LogP contribution in [0, 0.1) is 0 Å². The van der Waals surface area contributed by atoms with Crippen molar-refractivity contribution in [3.05, 3.63) is 82.8 Å². The van der Waals surface area contributed by atoms with Crippen molar-refractivity contribution in [2.45, 2.75) is 50.7 Å². The van der Waals surface area contributed by atoms with Crippen molar-refractivity contribution in [2.24, 2.45) is 0 Å². The number of anilines is 1. The van der Waals surface area contributed by atoms with Gasteiger partial charge >= 0.3 is 0 Å². The number of benzene rings is 3. The summed E-state index contributed by atoms with van der Waals surface area (Å²) >= 11 is 3.45. The zero-order chi connectivity index (χ0) is 30.4. The highest BCUT2D eigenvalue weighted by molar-refractivity contribution is 9.10. The van der Waals surface area contributed by atoms with Gasteiger partial charge in [-0.25, -0.2) is 8.42 Å². The molecule has 9 nitrogen and oxygen atoms in total. The fourth-order valence-electron chi connectivity index (χ4n) is 4.12. The van der Waals surface area contributed by atoms with Crippen LogP contribution in [0.1, 0.15) is 33.3 Å². The molecule has 0 unspecified atom stereocenters. The maximum atomic E-state index is 14.0. The summed E-state index contributed by atoms with van der Waals surface area (Å²) in [6.45, 7) is 6.74. The number of nitrogens with one attached hydrogen (secondary N) is 1. The van der Waals surface area contributed by atoms with E-state index in [-0.39, 0.29) is 23.1 Å². The van der Waals surface area contributed by atoms with Crippen LogP contribution >= 0.6 is 15.9 Å². The van der Waals surface area contributed by atoms with Gasteiger partial charge in [-0.05, 0) is 69.7 Å². The third-order valence-corrected chi connectivity index (χ3v) is 8.44. The zero-order valence-corrected chi connectivity index (χ0v) is 26.5. The normalized spacial score (nSPS) is 12.3. The lowest BCUT2D eigenvalue weighted by Gasteiger charge is -2.33. The number of carbonyl (C=O) groups excluding carboxylic acids is 2. The molecule has 1 atom stereocenters. The van der Waals surface area contributed by atoms with Gasteiger partial charge in [-0.3, -0.25) is 13.9 Å². The smallest absolute Gasteiger partial charge is 0.264 e. The quantitative estimate of drug-likeness (QED) is 0.315. The van der Waals surface area contributed by atoms with Gasteiger partial charge in [0.2, 0.25) is 11.8 Å². The van der Waals surface area contributed by atoms with Gasteiger partial charge in [-0.2, -0.15) is 0 Å². The maximum Gasteiger partial charge on any atom is 0.264 e. The summed E-state index contributed by atoms with van der Waals surface area (Å²) in [5.41, 5.74) is 0.546. The van der Waals surface area contributed by atoms with E-state index in [2.05, 4.69) is 21.2 Å². The Morgan fingerprint density at radius 1 is 0.927 bits per heavy atom. The molecule has 11 heteroatoms. The minimum atomic E-state index is -4.25. The number of nitrogens with zero attached hydrogens (tertiary/aromatic N) is 2. The standard InChI is InChI=1S/C30H36BrN3O6S/c1-21(29(36)32-30(2,3)4)33(19-22-11-10-12-23(31)17-22)28(35)20-34(24-13-8-7-9-14-24)41(37,38)25-15-16-26(39-5)27(18-25)40-6/h7-18,21H,19-20H2,1-6H3,(H,32,36)/t21-/m1/s1. The second-order valence-electron chi connectivity index (χ2n) is 10.4. The van der Waals surface area contributed by atoms with Crippen molar-refractivity contribution in [2.75, 3.05) is 25.1 Å². The van der Waals surface area contributed by atoms with E-state index in [0.29, 0.717) is 11.4 Å². The number of rotatable bonds is 11.